The molecule has 1 aromatic rings. The highest BCUT2D eigenvalue weighted by Crippen LogP contribution is 2.25. The summed E-state index contributed by atoms with van der Waals surface area (Å²) in [6.45, 7) is 3.60. The van der Waals surface area contributed by atoms with Gasteiger partial charge in [-0.15, -0.1) is 0 Å². The topological polar surface area (TPSA) is 79.0 Å². The zero-order chi connectivity index (χ0) is 12.3. The molecule has 1 atom stereocenters. The van der Waals surface area contributed by atoms with E-state index in [1.807, 2.05) is 6.07 Å². The molecule has 0 aromatic heterocycles. The summed E-state index contributed by atoms with van der Waals surface area (Å²) in [6.07, 6.45) is 0.0921. The number of hydrogen-bond acceptors (Lipinski definition) is 5. The molecule has 4 N–H and O–H groups in total. The van der Waals surface area contributed by atoms with Gasteiger partial charge in [0.1, 0.15) is 0 Å². The van der Waals surface area contributed by atoms with Gasteiger partial charge in [-0.2, -0.15) is 0 Å². The van der Waals surface area contributed by atoms with Gasteiger partial charge in [-0.1, -0.05) is 6.07 Å². The Hall–Kier alpha value is -1.30. The molecule has 0 aliphatic carbocycles. The van der Waals surface area contributed by atoms with Crippen LogP contribution in [0, 0.1) is 0 Å². The monoisotopic (exact) mass is 238 g/mol. The third kappa shape index (κ3) is 3.09. The first kappa shape index (κ1) is 12.2. The molecule has 1 aliphatic heterocycles. The van der Waals surface area contributed by atoms with E-state index >= 15 is 0 Å². The molecule has 1 aromatic carbocycles. The van der Waals surface area contributed by atoms with Gasteiger partial charge in [0.2, 0.25) is 0 Å². The Morgan fingerprint density at radius 2 is 2.18 bits per heavy atom. The minimum absolute atomic E-state index is 0.0777. The van der Waals surface area contributed by atoms with Crippen molar-refractivity contribution in [1.29, 1.82) is 0 Å². The van der Waals surface area contributed by atoms with Crippen molar-refractivity contribution >= 4 is 0 Å². The minimum atomic E-state index is -0.0874. The second-order valence-corrected chi connectivity index (χ2v) is 4.29. The second kappa shape index (κ2) is 5.35. The predicted molar refractivity (Wildman–Crippen MR) is 63.8 cm³/mol. The number of benzene rings is 1. The summed E-state index contributed by atoms with van der Waals surface area (Å²) in [5.74, 6) is -0.165. The fourth-order valence-electron chi connectivity index (χ4n) is 1.99. The molecular formula is C12H18N2O3. The molecule has 94 valence electrons. The zero-order valence-corrected chi connectivity index (χ0v) is 9.67. The molecule has 5 heteroatoms. The smallest absolute Gasteiger partial charge is 0.157 e. The molecule has 1 unspecified atom stereocenters. The molecule has 17 heavy (non-hydrogen) atoms. The Labute approximate surface area is 100 Å². The molecule has 0 radical (unpaired) electrons. The van der Waals surface area contributed by atoms with Gasteiger partial charge in [0.25, 0.3) is 0 Å². The number of rotatable bonds is 3. The van der Waals surface area contributed by atoms with E-state index < -0.39 is 0 Å². The summed E-state index contributed by atoms with van der Waals surface area (Å²) >= 11 is 0. The number of phenolic OH excluding ortho intramolecular Hbond substituents is 2. The summed E-state index contributed by atoms with van der Waals surface area (Å²) < 4.78 is 5.48. The Morgan fingerprint density at radius 1 is 1.35 bits per heavy atom. The summed E-state index contributed by atoms with van der Waals surface area (Å²) in [5.41, 5.74) is 6.55. The van der Waals surface area contributed by atoms with Crippen LogP contribution in [0.1, 0.15) is 5.56 Å². The van der Waals surface area contributed by atoms with E-state index in [1.54, 1.807) is 6.07 Å². The normalized spacial score (nSPS) is 21.6. The van der Waals surface area contributed by atoms with Crippen molar-refractivity contribution in [2.75, 3.05) is 26.2 Å². The number of nitrogens with zero attached hydrogens (tertiary/aromatic N) is 1. The van der Waals surface area contributed by atoms with Crippen LogP contribution >= 0.6 is 0 Å². The molecule has 2 rings (SSSR count). The molecule has 0 amide bonds. The number of phenols is 2. The van der Waals surface area contributed by atoms with Gasteiger partial charge in [-0.25, -0.2) is 0 Å². The van der Waals surface area contributed by atoms with Crippen molar-refractivity contribution in [1.82, 2.24) is 4.90 Å². The Kier molecular flexibility index (Phi) is 3.83. The number of nitrogens with two attached hydrogens (primary N) is 1. The van der Waals surface area contributed by atoms with E-state index in [1.165, 1.54) is 6.07 Å². The summed E-state index contributed by atoms with van der Waals surface area (Å²) in [7, 11) is 0. The SMILES string of the molecule is NCC1CN(Cc2ccc(O)c(O)c2)CCO1. The lowest BCUT2D eigenvalue weighted by Gasteiger charge is -2.32. The van der Waals surface area contributed by atoms with Crippen LogP contribution in [0.3, 0.4) is 0 Å². The zero-order valence-electron chi connectivity index (χ0n) is 9.67. The Morgan fingerprint density at radius 3 is 2.88 bits per heavy atom. The largest absolute Gasteiger partial charge is 0.504 e. The first-order valence-corrected chi connectivity index (χ1v) is 5.74. The Balaban J connectivity index is 1.97. The van der Waals surface area contributed by atoms with E-state index in [2.05, 4.69) is 4.90 Å². The summed E-state index contributed by atoms with van der Waals surface area (Å²) in [4.78, 5) is 2.23. The van der Waals surface area contributed by atoms with Gasteiger partial charge in [0.15, 0.2) is 11.5 Å². The van der Waals surface area contributed by atoms with Gasteiger partial charge in [-0.3, -0.25) is 4.90 Å². The number of hydrogen-bond donors (Lipinski definition) is 3. The van der Waals surface area contributed by atoms with Crippen molar-refractivity contribution < 1.29 is 14.9 Å². The van der Waals surface area contributed by atoms with Gasteiger partial charge in [0, 0.05) is 26.2 Å². The maximum Gasteiger partial charge on any atom is 0.157 e. The van der Waals surface area contributed by atoms with Crippen LogP contribution in [0.15, 0.2) is 18.2 Å². The van der Waals surface area contributed by atoms with Gasteiger partial charge >= 0.3 is 0 Å². The van der Waals surface area contributed by atoms with E-state index in [0.29, 0.717) is 13.2 Å². The van der Waals surface area contributed by atoms with Crippen LogP contribution in [0.2, 0.25) is 0 Å². The average molecular weight is 238 g/mol. The van der Waals surface area contributed by atoms with Crippen molar-refractivity contribution in [3.63, 3.8) is 0 Å². The molecule has 0 saturated carbocycles. The highest BCUT2D eigenvalue weighted by molar-refractivity contribution is 5.40. The molecule has 1 saturated heterocycles. The first-order chi connectivity index (χ1) is 8.19. The number of morpholine rings is 1. The van der Waals surface area contributed by atoms with Crippen LogP contribution in [0.5, 0.6) is 11.5 Å². The minimum Gasteiger partial charge on any atom is -0.504 e. The lowest BCUT2D eigenvalue weighted by Crippen LogP contribution is -2.45. The van der Waals surface area contributed by atoms with Crippen molar-refractivity contribution in [3.05, 3.63) is 23.8 Å². The lowest BCUT2D eigenvalue weighted by molar-refractivity contribution is -0.0260. The van der Waals surface area contributed by atoms with E-state index in [0.717, 1.165) is 25.2 Å². The first-order valence-electron chi connectivity index (χ1n) is 5.74. The molecule has 0 spiro atoms. The second-order valence-electron chi connectivity index (χ2n) is 4.29. The quantitative estimate of drug-likeness (QED) is 0.658. The summed E-state index contributed by atoms with van der Waals surface area (Å²) in [5, 5.41) is 18.6. The lowest BCUT2D eigenvalue weighted by atomic mass is 10.1. The van der Waals surface area contributed by atoms with Crippen LogP contribution < -0.4 is 5.73 Å². The molecule has 0 bridgehead atoms. The standard InChI is InChI=1S/C12H18N2O3/c13-6-10-8-14(3-4-17-10)7-9-1-2-11(15)12(16)5-9/h1-2,5,10,15-16H,3-4,6-8,13H2. The average Bonchev–Trinajstić information content (AvgIpc) is 2.34. The molecule has 1 fully saturated rings. The highest BCUT2D eigenvalue weighted by Gasteiger charge is 2.19. The van der Waals surface area contributed by atoms with Crippen LogP contribution in [0.4, 0.5) is 0 Å². The maximum absolute atomic E-state index is 9.41. The van der Waals surface area contributed by atoms with Crippen molar-refractivity contribution in [3.8, 4) is 11.5 Å². The molecule has 5 nitrogen and oxygen atoms in total. The van der Waals surface area contributed by atoms with Crippen molar-refractivity contribution in [2.24, 2.45) is 5.73 Å². The molecular weight excluding hydrogens is 220 g/mol. The van der Waals surface area contributed by atoms with E-state index in [9.17, 15) is 10.2 Å². The highest BCUT2D eigenvalue weighted by atomic mass is 16.5. The molecule has 1 heterocycles. The van der Waals surface area contributed by atoms with E-state index in [-0.39, 0.29) is 17.6 Å². The predicted octanol–water partition coefficient (Wildman–Crippen LogP) is 0.257. The number of ether oxygens (including phenoxy) is 1. The fraction of sp³-hybridized carbons (Fsp3) is 0.500. The maximum atomic E-state index is 9.41. The number of aromatic hydroxyl groups is 2. The van der Waals surface area contributed by atoms with Crippen molar-refractivity contribution in [2.45, 2.75) is 12.6 Å². The fourth-order valence-corrected chi connectivity index (χ4v) is 1.99. The van der Waals surface area contributed by atoms with Crippen LogP contribution in [-0.4, -0.2) is 47.5 Å². The van der Waals surface area contributed by atoms with E-state index in [4.69, 9.17) is 10.5 Å². The van der Waals surface area contributed by atoms with Crippen LogP contribution in [-0.2, 0) is 11.3 Å². The van der Waals surface area contributed by atoms with Gasteiger partial charge < -0.3 is 20.7 Å². The third-order valence-electron chi connectivity index (χ3n) is 2.93. The molecule has 1 aliphatic rings. The third-order valence-corrected chi connectivity index (χ3v) is 2.93. The van der Waals surface area contributed by atoms with Gasteiger partial charge in [0.05, 0.1) is 12.7 Å². The summed E-state index contributed by atoms with van der Waals surface area (Å²) in [6, 6.07) is 4.90. The van der Waals surface area contributed by atoms with Crippen LogP contribution in [0.25, 0.3) is 0 Å². The Bertz CT molecular complexity index is 384. The van der Waals surface area contributed by atoms with Gasteiger partial charge in [-0.05, 0) is 17.7 Å².